The van der Waals surface area contributed by atoms with Crippen LogP contribution in [0.1, 0.15) is 11.1 Å². The number of fused-ring (bicyclic) bond motifs is 2. The fourth-order valence-electron chi connectivity index (χ4n) is 3.16. The monoisotopic (exact) mass is 364 g/mol. The second-order valence-electron chi connectivity index (χ2n) is 6.42. The van der Waals surface area contributed by atoms with E-state index in [9.17, 15) is 10.2 Å². The van der Waals surface area contributed by atoms with Crippen LogP contribution < -0.4 is 10.1 Å². The highest BCUT2D eigenvalue weighted by Crippen LogP contribution is 2.38. The van der Waals surface area contributed by atoms with Crippen molar-refractivity contribution in [1.29, 1.82) is 0 Å². The van der Waals surface area contributed by atoms with E-state index in [0.29, 0.717) is 5.75 Å². The first-order chi connectivity index (χ1) is 13.2. The molecule has 2 aromatic carbocycles. The molecule has 138 valence electrons. The number of benzene rings is 2. The highest BCUT2D eigenvalue weighted by atomic mass is 16.5. The second-order valence-corrected chi connectivity index (χ2v) is 6.42. The predicted molar refractivity (Wildman–Crippen MR) is 104 cm³/mol. The first-order valence-electron chi connectivity index (χ1n) is 8.72. The maximum atomic E-state index is 10.5. The summed E-state index contributed by atoms with van der Waals surface area (Å²) in [6.07, 6.45) is 1.94. The second kappa shape index (κ2) is 7.36. The molecule has 0 spiro atoms. The summed E-state index contributed by atoms with van der Waals surface area (Å²) < 4.78 is 5.53. The maximum Gasteiger partial charge on any atom is 0.151 e. The highest BCUT2D eigenvalue weighted by molar-refractivity contribution is 5.99. The van der Waals surface area contributed by atoms with Crippen molar-refractivity contribution in [2.45, 2.75) is 12.3 Å². The Hall–Kier alpha value is -2.93. The van der Waals surface area contributed by atoms with Gasteiger partial charge < -0.3 is 25.4 Å². The minimum absolute atomic E-state index is 0.000686. The number of hydrogen-bond donors (Lipinski definition) is 4. The van der Waals surface area contributed by atoms with E-state index in [1.165, 1.54) is 0 Å². The smallest absolute Gasteiger partial charge is 0.151 e. The normalized spacial score (nSPS) is 18.3. The van der Waals surface area contributed by atoms with Crippen molar-refractivity contribution < 1.29 is 20.1 Å². The molecule has 2 atom stereocenters. The Kier molecular flexibility index (Phi) is 4.77. The van der Waals surface area contributed by atoms with Crippen molar-refractivity contribution in [1.82, 2.24) is 4.98 Å². The summed E-state index contributed by atoms with van der Waals surface area (Å²) in [6.45, 7) is -0.356. The first-order valence-corrected chi connectivity index (χ1v) is 8.72. The van der Waals surface area contributed by atoms with Crippen LogP contribution >= 0.6 is 0 Å². The quantitative estimate of drug-likeness (QED) is 0.555. The molecule has 1 aliphatic heterocycles. The minimum atomic E-state index is -0.930. The molecule has 0 saturated heterocycles. The molecule has 0 saturated carbocycles. The number of nitrogens with one attached hydrogen (secondary N) is 1. The van der Waals surface area contributed by atoms with E-state index in [0.717, 1.165) is 33.3 Å². The highest BCUT2D eigenvalue weighted by Gasteiger charge is 2.25. The third kappa shape index (κ3) is 3.50. The molecule has 0 fully saturated rings. The number of nitrogens with zero attached hydrogens (tertiary/aromatic N) is 1. The number of hydrogen-bond acceptors (Lipinski definition) is 6. The SMILES string of the molecule is OCC(O)COc1ccc2c(c1)C(=Cc1ccnc3ccccc13)C(O)N2. The van der Waals surface area contributed by atoms with Gasteiger partial charge in [0.25, 0.3) is 0 Å². The van der Waals surface area contributed by atoms with Crippen LogP contribution in [0.5, 0.6) is 5.75 Å². The average Bonchev–Trinajstić information content (AvgIpc) is 3.01. The van der Waals surface area contributed by atoms with Crippen LogP contribution in [0.4, 0.5) is 5.69 Å². The van der Waals surface area contributed by atoms with E-state index >= 15 is 0 Å². The summed E-state index contributed by atoms with van der Waals surface area (Å²) in [6, 6.07) is 15.2. The topological polar surface area (TPSA) is 94.8 Å². The van der Waals surface area contributed by atoms with Gasteiger partial charge in [-0.05, 0) is 42.0 Å². The van der Waals surface area contributed by atoms with Crippen molar-refractivity contribution >= 4 is 28.2 Å². The van der Waals surface area contributed by atoms with Gasteiger partial charge in [-0.25, -0.2) is 0 Å². The van der Waals surface area contributed by atoms with E-state index in [4.69, 9.17) is 9.84 Å². The van der Waals surface area contributed by atoms with Gasteiger partial charge in [0.15, 0.2) is 6.23 Å². The molecule has 0 bridgehead atoms. The summed E-state index contributed by atoms with van der Waals surface area (Å²) >= 11 is 0. The Morgan fingerprint density at radius 3 is 2.89 bits per heavy atom. The summed E-state index contributed by atoms with van der Waals surface area (Å²) in [4.78, 5) is 4.37. The minimum Gasteiger partial charge on any atom is -0.491 e. The fraction of sp³-hybridized carbons (Fsp3) is 0.190. The van der Waals surface area contributed by atoms with Crippen molar-refractivity contribution in [2.75, 3.05) is 18.5 Å². The Morgan fingerprint density at radius 2 is 2.04 bits per heavy atom. The van der Waals surface area contributed by atoms with Gasteiger partial charge in [-0.3, -0.25) is 4.98 Å². The van der Waals surface area contributed by atoms with Gasteiger partial charge in [-0.15, -0.1) is 0 Å². The van der Waals surface area contributed by atoms with E-state index in [1.807, 2.05) is 48.5 Å². The molecule has 0 radical (unpaired) electrons. The molecule has 2 heterocycles. The fourth-order valence-corrected chi connectivity index (χ4v) is 3.16. The lowest BCUT2D eigenvalue weighted by atomic mass is 10.0. The lowest BCUT2D eigenvalue weighted by Gasteiger charge is -2.11. The number of aromatic nitrogens is 1. The lowest BCUT2D eigenvalue weighted by Crippen LogP contribution is -2.21. The summed E-state index contributed by atoms with van der Waals surface area (Å²) in [5.74, 6) is 0.558. The number of aliphatic hydroxyl groups is 3. The maximum absolute atomic E-state index is 10.5. The number of pyridine rings is 1. The zero-order valence-electron chi connectivity index (χ0n) is 14.5. The number of para-hydroxylation sites is 1. The van der Waals surface area contributed by atoms with Gasteiger partial charge in [0.1, 0.15) is 18.5 Å². The van der Waals surface area contributed by atoms with Crippen molar-refractivity contribution in [3.05, 3.63) is 65.9 Å². The van der Waals surface area contributed by atoms with Crippen molar-refractivity contribution in [3.63, 3.8) is 0 Å². The van der Waals surface area contributed by atoms with Crippen LogP contribution in [0.25, 0.3) is 22.6 Å². The van der Waals surface area contributed by atoms with Gasteiger partial charge in [0.05, 0.1) is 12.1 Å². The zero-order chi connectivity index (χ0) is 18.8. The van der Waals surface area contributed by atoms with Crippen molar-refractivity contribution in [2.24, 2.45) is 0 Å². The van der Waals surface area contributed by atoms with E-state index in [2.05, 4.69) is 10.3 Å². The Bertz CT molecular complexity index is 997. The molecule has 0 amide bonds. The average molecular weight is 364 g/mol. The molecule has 1 aromatic heterocycles. The number of rotatable bonds is 5. The van der Waals surface area contributed by atoms with Crippen LogP contribution in [0.3, 0.4) is 0 Å². The van der Waals surface area contributed by atoms with Crippen LogP contribution in [-0.4, -0.2) is 45.8 Å². The van der Waals surface area contributed by atoms with Gasteiger partial charge in [-0.1, -0.05) is 18.2 Å². The molecule has 4 rings (SSSR count). The Balaban J connectivity index is 1.71. The number of anilines is 1. The van der Waals surface area contributed by atoms with Crippen LogP contribution in [0, 0.1) is 0 Å². The van der Waals surface area contributed by atoms with Crippen LogP contribution in [0.15, 0.2) is 54.7 Å². The third-order valence-electron chi connectivity index (χ3n) is 4.54. The number of ether oxygens (including phenoxy) is 1. The molecule has 6 nitrogen and oxygen atoms in total. The molecule has 3 aromatic rings. The zero-order valence-corrected chi connectivity index (χ0v) is 14.5. The molecule has 1 aliphatic rings. The summed E-state index contributed by atoms with van der Waals surface area (Å²) in [5.41, 5.74) is 4.23. The number of aliphatic hydroxyl groups excluding tert-OH is 3. The summed E-state index contributed by atoms with van der Waals surface area (Å²) in [7, 11) is 0. The predicted octanol–water partition coefficient (Wildman–Crippen LogP) is 2.25. The molecular formula is C21H20N2O4. The molecule has 2 unspecified atom stereocenters. The molecule has 4 N–H and O–H groups in total. The standard InChI is InChI=1S/C21H20N2O4/c24-11-14(25)12-27-15-5-6-20-17(10-15)18(21(26)23-20)9-13-7-8-22-19-4-2-1-3-16(13)19/h1-10,14,21,23-26H,11-12H2. The largest absolute Gasteiger partial charge is 0.491 e. The van der Waals surface area contributed by atoms with Crippen LogP contribution in [-0.2, 0) is 0 Å². The van der Waals surface area contributed by atoms with Crippen molar-refractivity contribution in [3.8, 4) is 5.75 Å². The third-order valence-corrected chi connectivity index (χ3v) is 4.54. The van der Waals surface area contributed by atoms with Gasteiger partial charge in [0, 0.05) is 28.4 Å². The van der Waals surface area contributed by atoms with E-state index in [1.54, 1.807) is 12.3 Å². The molecule has 27 heavy (non-hydrogen) atoms. The van der Waals surface area contributed by atoms with Gasteiger partial charge in [0.2, 0.25) is 0 Å². The first kappa shape index (κ1) is 17.5. The Morgan fingerprint density at radius 1 is 1.19 bits per heavy atom. The Labute approximate surface area is 156 Å². The molecule has 0 aliphatic carbocycles. The summed E-state index contributed by atoms with van der Waals surface area (Å²) in [5, 5.41) is 32.9. The molecule has 6 heteroatoms. The lowest BCUT2D eigenvalue weighted by molar-refractivity contribution is 0.0536. The molecular weight excluding hydrogens is 344 g/mol. The van der Waals surface area contributed by atoms with Gasteiger partial charge >= 0.3 is 0 Å². The van der Waals surface area contributed by atoms with Gasteiger partial charge in [-0.2, -0.15) is 0 Å². The van der Waals surface area contributed by atoms with E-state index < -0.39 is 12.3 Å². The van der Waals surface area contributed by atoms with Crippen LogP contribution in [0.2, 0.25) is 0 Å². The van der Waals surface area contributed by atoms with E-state index in [-0.39, 0.29) is 13.2 Å².